The Labute approximate surface area is 179 Å². The lowest BCUT2D eigenvalue weighted by Crippen LogP contribution is -2.32. The number of rotatable bonds is 8. The summed E-state index contributed by atoms with van der Waals surface area (Å²) in [6, 6.07) is 10.4. The molecule has 7 heteroatoms. The number of carbonyl (C=O) groups is 2. The number of allylic oxidation sites excluding steroid dienone is 1. The van der Waals surface area contributed by atoms with E-state index in [-0.39, 0.29) is 5.57 Å². The number of aromatic nitrogens is 2. The number of carbonyl (C=O) groups excluding carboxylic acids is 2. The minimum Gasteiger partial charge on any atom is -0.503 e. The van der Waals surface area contributed by atoms with Gasteiger partial charge in [0.25, 0.3) is 5.91 Å². The molecule has 158 valence electrons. The van der Waals surface area contributed by atoms with E-state index in [2.05, 4.69) is 4.98 Å². The fourth-order valence-corrected chi connectivity index (χ4v) is 3.71. The zero-order valence-electron chi connectivity index (χ0n) is 17.1. The first kappa shape index (κ1) is 20.4. The van der Waals surface area contributed by atoms with Crippen LogP contribution in [-0.4, -0.2) is 37.8 Å². The molecule has 4 rings (SSSR count). The molecule has 3 heterocycles. The number of aryl methyl sites for hydroxylation is 2. The maximum atomic E-state index is 13.0. The zero-order valence-corrected chi connectivity index (χ0v) is 17.1. The average Bonchev–Trinajstić information content (AvgIpc) is 3.51. The van der Waals surface area contributed by atoms with E-state index in [9.17, 15) is 14.7 Å². The third-order valence-electron chi connectivity index (χ3n) is 5.28. The van der Waals surface area contributed by atoms with Crippen LogP contribution in [0, 0.1) is 6.92 Å². The van der Waals surface area contributed by atoms with Crippen molar-refractivity contribution in [3.63, 3.8) is 0 Å². The van der Waals surface area contributed by atoms with E-state index in [1.165, 1.54) is 18.4 Å². The van der Waals surface area contributed by atoms with Gasteiger partial charge in [-0.2, -0.15) is 0 Å². The van der Waals surface area contributed by atoms with Crippen LogP contribution in [0.1, 0.15) is 29.3 Å². The third-order valence-corrected chi connectivity index (χ3v) is 5.28. The molecule has 0 radical (unpaired) electrons. The standard InChI is InChI=1S/C24H23N3O4/c1-17-5-7-18(8-6-17)22-21(20(28)10-9-19-4-2-15-31-19)23(29)24(30)27(22)13-3-12-26-14-11-25-16-26/h2,4-11,14-16,22,29H,3,12-13H2,1H3/b10-9+. The van der Waals surface area contributed by atoms with Crippen LogP contribution in [0.3, 0.4) is 0 Å². The van der Waals surface area contributed by atoms with Crippen molar-refractivity contribution in [3.05, 3.63) is 95.7 Å². The van der Waals surface area contributed by atoms with Crippen molar-refractivity contribution >= 4 is 17.8 Å². The normalized spacial score (nSPS) is 16.6. The fourth-order valence-electron chi connectivity index (χ4n) is 3.71. The van der Waals surface area contributed by atoms with Crippen molar-refractivity contribution in [1.29, 1.82) is 0 Å². The van der Waals surface area contributed by atoms with Crippen LogP contribution in [0.15, 0.2) is 83.2 Å². The van der Waals surface area contributed by atoms with E-state index in [0.717, 1.165) is 11.1 Å². The lowest BCUT2D eigenvalue weighted by Gasteiger charge is -2.26. The predicted molar refractivity (Wildman–Crippen MR) is 115 cm³/mol. The molecule has 1 N–H and O–H groups in total. The predicted octanol–water partition coefficient (Wildman–Crippen LogP) is 3.85. The van der Waals surface area contributed by atoms with Gasteiger partial charge in [-0.05, 0) is 43.2 Å². The number of amides is 1. The molecule has 0 spiro atoms. The Kier molecular flexibility index (Phi) is 5.84. The van der Waals surface area contributed by atoms with Crippen LogP contribution in [0.2, 0.25) is 0 Å². The Morgan fingerprint density at radius 1 is 1.23 bits per heavy atom. The van der Waals surface area contributed by atoms with Crippen LogP contribution in [0.4, 0.5) is 0 Å². The molecule has 0 fully saturated rings. The molecule has 1 amide bonds. The highest BCUT2D eigenvalue weighted by Crippen LogP contribution is 2.38. The highest BCUT2D eigenvalue weighted by atomic mass is 16.3. The van der Waals surface area contributed by atoms with Gasteiger partial charge in [-0.1, -0.05) is 29.8 Å². The minimum absolute atomic E-state index is 0.0827. The molecular weight excluding hydrogens is 394 g/mol. The molecule has 1 aromatic carbocycles. The van der Waals surface area contributed by atoms with Crippen molar-refractivity contribution < 1.29 is 19.1 Å². The van der Waals surface area contributed by atoms with Crippen LogP contribution in [0.5, 0.6) is 0 Å². The van der Waals surface area contributed by atoms with Crippen molar-refractivity contribution in [2.75, 3.05) is 6.54 Å². The molecular formula is C24H23N3O4. The monoisotopic (exact) mass is 417 g/mol. The summed E-state index contributed by atoms with van der Waals surface area (Å²) in [4.78, 5) is 31.5. The van der Waals surface area contributed by atoms with E-state index < -0.39 is 23.5 Å². The second-order valence-electron chi connectivity index (χ2n) is 7.44. The summed E-state index contributed by atoms with van der Waals surface area (Å²) in [6.07, 6.45) is 10.3. The Morgan fingerprint density at radius 3 is 2.71 bits per heavy atom. The highest BCUT2D eigenvalue weighted by molar-refractivity contribution is 6.14. The number of aliphatic hydroxyl groups excluding tert-OH is 1. The van der Waals surface area contributed by atoms with Gasteiger partial charge in [-0.3, -0.25) is 9.59 Å². The number of hydrogen-bond donors (Lipinski definition) is 1. The van der Waals surface area contributed by atoms with Crippen LogP contribution < -0.4 is 0 Å². The summed E-state index contributed by atoms with van der Waals surface area (Å²) in [5, 5.41) is 10.6. The van der Waals surface area contributed by atoms with Gasteiger partial charge in [0.2, 0.25) is 0 Å². The van der Waals surface area contributed by atoms with Gasteiger partial charge in [0, 0.05) is 25.5 Å². The lowest BCUT2D eigenvalue weighted by molar-refractivity contribution is -0.129. The molecule has 1 unspecified atom stereocenters. The highest BCUT2D eigenvalue weighted by Gasteiger charge is 2.42. The SMILES string of the molecule is Cc1ccc(C2C(C(=O)/C=C/c3ccco3)=C(O)C(=O)N2CCCn2ccnc2)cc1. The van der Waals surface area contributed by atoms with E-state index in [1.54, 1.807) is 29.6 Å². The lowest BCUT2D eigenvalue weighted by atomic mass is 9.95. The molecule has 0 bridgehead atoms. The molecule has 7 nitrogen and oxygen atoms in total. The van der Waals surface area contributed by atoms with E-state index >= 15 is 0 Å². The summed E-state index contributed by atoms with van der Waals surface area (Å²) in [6.45, 7) is 3.03. The first-order valence-electron chi connectivity index (χ1n) is 10.1. The smallest absolute Gasteiger partial charge is 0.290 e. The Bertz CT molecular complexity index is 1110. The molecule has 1 atom stereocenters. The van der Waals surface area contributed by atoms with E-state index in [0.29, 0.717) is 25.3 Å². The summed E-state index contributed by atoms with van der Waals surface area (Å²) < 4.78 is 7.15. The van der Waals surface area contributed by atoms with Crippen molar-refractivity contribution in [2.45, 2.75) is 25.9 Å². The number of benzene rings is 1. The second-order valence-corrected chi connectivity index (χ2v) is 7.44. The Hall–Kier alpha value is -3.87. The number of imidazole rings is 1. The van der Waals surface area contributed by atoms with Gasteiger partial charge in [0.15, 0.2) is 11.5 Å². The summed E-state index contributed by atoms with van der Waals surface area (Å²) in [7, 11) is 0. The quantitative estimate of drug-likeness (QED) is 0.563. The van der Waals surface area contributed by atoms with Crippen molar-refractivity contribution in [3.8, 4) is 0 Å². The van der Waals surface area contributed by atoms with E-state index in [1.807, 2.05) is 42.0 Å². The Morgan fingerprint density at radius 2 is 2.03 bits per heavy atom. The summed E-state index contributed by atoms with van der Waals surface area (Å²) in [5.41, 5.74) is 1.93. The van der Waals surface area contributed by atoms with Crippen molar-refractivity contribution in [1.82, 2.24) is 14.5 Å². The Balaban J connectivity index is 1.61. The molecule has 1 aliphatic heterocycles. The third kappa shape index (κ3) is 4.35. The topological polar surface area (TPSA) is 88.6 Å². The fraction of sp³-hybridized carbons (Fsp3) is 0.208. The van der Waals surface area contributed by atoms with Gasteiger partial charge in [-0.25, -0.2) is 4.98 Å². The second kappa shape index (κ2) is 8.87. The van der Waals surface area contributed by atoms with E-state index in [4.69, 9.17) is 4.42 Å². The zero-order chi connectivity index (χ0) is 21.8. The number of hydrogen-bond acceptors (Lipinski definition) is 5. The number of ketones is 1. The molecule has 0 aliphatic carbocycles. The largest absolute Gasteiger partial charge is 0.503 e. The molecule has 1 aliphatic rings. The van der Waals surface area contributed by atoms with Gasteiger partial charge in [0.05, 0.1) is 24.2 Å². The van der Waals surface area contributed by atoms with Gasteiger partial charge in [0.1, 0.15) is 5.76 Å². The van der Waals surface area contributed by atoms with Gasteiger partial charge < -0.3 is 19.0 Å². The average molecular weight is 417 g/mol. The van der Waals surface area contributed by atoms with Crippen LogP contribution in [-0.2, 0) is 16.1 Å². The summed E-state index contributed by atoms with van der Waals surface area (Å²) >= 11 is 0. The van der Waals surface area contributed by atoms with Crippen LogP contribution >= 0.6 is 0 Å². The number of nitrogens with zero attached hydrogens (tertiary/aromatic N) is 3. The van der Waals surface area contributed by atoms with Gasteiger partial charge >= 0.3 is 0 Å². The summed E-state index contributed by atoms with van der Waals surface area (Å²) in [5.74, 6) is -0.944. The first-order chi connectivity index (χ1) is 15.0. The number of furan rings is 1. The molecule has 0 saturated heterocycles. The number of aliphatic hydroxyl groups is 1. The maximum Gasteiger partial charge on any atom is 0.290 e. The molecule has 2 aromatic heterocycles. The van der Waals surface area contributed by atoms with Crippen molar-refractivity contribution in [2.24, 2.45) is 0 Å². The molecule has 31 heavy (non-hydrogen) atoms. The maximum absolute atomic E-state index is 13.0. The molecule has 0 saturated carbocycles. The molecule has 3 aromatic rings. The van der Waals surface area contributed by atoms with Gasteiger partial charge in [-0.15, -0.1) is 0 Å². The first-order valence-corrected chi connectivity index (χ1v) is 10.1. The van der Waals surface area contributed by atoms with Crippen LogP contribution in [0.25, 0.3) is 6.08 Å². The minimum atomic E-state index is -0.648.